The minimum absolute atomic E-state index is 0.268. The molecule has 0 aliphatic heterocycles. The van der Waals surface area contributed by atoms with Gasteiger partial charge in [-0.05, 0) is 16.7 Å². The second-order valence-corrected chi connectivity index (χ2v) is 6.32. The number of carbonyl (C=O) groups excluding carboxylic acids is 1. The number of carbonyl (C=O) groups is 1. The summed E-state index contributed by atoms with van der Waals surface area (Å²) < 4.78 is 11.6. The summed E-state index contributed by atoms with van der Waals surface area (Å²) in [6, 6.07) is 30.7. The molecule has 27 heavy (non-hydrogen) atoms. The Hall–Kier alpha value is -2.91. The van der Waals surface area contributed by atoms with Crippen molar-refractivity contribution in [3.63, 3.8) is 0 Å². The van der Waals surface area contributed by atoms with E-state index < -0.39 is 5.60 Å². The van der Waals surface area contributed by atoms with Crippen molar-refractivity contribution in [1.29, 1.82) is 0 Å². The van der Waals surface area contributed by atoms with Crippen molar-refractivity contribution in [3.05, 3.63) is 108 Å². The highest BCUT2D eigenvalue weighted by Gasteiger charge is 2.37. The fraction of sp³-hybridized carbons (Fsp3) is 0.208. The zero-order valence-corrected chi connectivity index (χ0v) is 15.5. The van der Waals surface area contributed by atoms with Crippen LogP contribution in [-0.4, -0.2) is 19.2 Å². The quantitative estimate of drug-likeness (QED) is 0.324. The molecule has 0 radical (unpaired) electrons. The molecule has 3 rings (SSSR count). The highest BCUT2D eigenvalue weighted by atomic mass is 16.5. The molecule has 3 aromatic carbocycles. The first kappa shape index (κ1) is 18.9. The smallest absolute Gasteiger partial charge is 0.302 e. The molecule has 0 saturated heterocycles. The molecular weight excluding hydrogens is 336 g/mol. The van der Waals surface area contributed by atoms with Crippen LogP contribution in [0, 0.1) is 0 Å². The largest absolute Gasteiger partial charge is 0.466 e. The van der Waals surface area contributed by atoms with Gasteiger partial charge in [0.2, 0.25) is 0 Å². The first-order chi connectivity index (χ1) is 13.2. The Morgan fingerprint density at radius 2 is 1.11 bits per heavy atom. The summed E-state index contributed by atoms with van der Waals surface area (Å²) in [7, 11) is 0. The standard InChI is InChI=1S/C24H24O3/c1-20(25)26-18-11-19-27-24(21-12-5-2-6-13-21,22-14-7-3-8-15-22)23-16-9-4-10-17-23/h2-10,12-17H,11,18-19H2,1H3. The van der Waals surface area contributed by atoms with Crippen LogP contribution in [0.15, 0.2) is 91.0 Å². The molecule has 3 heteroatoms. The van der Waals surface area contributed by atoms with Crippen molar-refractivity contribution in [3.8, 4) is 0 Å². The normalized spacial score (nSPS) is 11.1. The van der Waals surface area contributed by atoms with Gasteiger partial charge in [-0.1, -0.05) is 91.0 Å². The topological polar surface area (TPSA) is 35.5 Å². The molecule has 0 spiro atoms. The van der Waals surface area contributed by atoms with Gasteiger partial charge in [-0.3, -0.25) is 4.79 Å². The van der Waals surface area contributed by atoms with E-state index in [1.165, 1.54) is 6.92 Å². The third-order valence-corrected chi connectivity index (χ3v) is 4.45. The van der Waals surface area contributed by atoms with Crippen molar-refractivity contribution >= 4 is 5.97 Å². The fourth-order valence-electron chi connectivity index (χ4n) is 3.27. The second-order valence-electron chi connectivity index (χ2n) is 6.32. The van der Waals surface area contributed by atoms with Gasteiger partial charge < -0.3 is 9.47 Å². The Morgan fingerprint density at radius 1 is 0.704 bits per heavy atom. The Bertz CT molecular complexity index is 733. The predicted molar refractivity (Wildman–Crippen MR) is 106 cm³/mol. The second kappa shape index (κ2) is 9.15. The zero-order chi connectivity index (χ0) is 19.0. The lowest BCUT2D eigenvalue weighted by atomic mass is 9.80. The van der Waals surface area contributed by atoms with Crippen LogP contribution in [0.3, 0.4) is 0 Å². The first-order valence-electron chi connectivity index (χ1n) is 9.17. The highest BCUT2D eigenvalue weighted by Crippen LogP contribution is 2.40. The number of hydrogen-bond donors (Lipinski definition) is 0. The van der Waals surface area contributed by atoms with E-state index >= 15 is 0 Å². The van der Waals surface area contributed by atoms with E-state index in [0.717, 1.165) is 16.7 Å². The molecule has 0 aliphatic rings. The third-order valence-electron chi connectivity index (χ3n) is 4.45. The van der Waals surface area contributed by atoms with Crippen LogP contribution in [0.4, 0.5) is 0 Å². The molecule has 0 amide bonds. The van der Waals surface area contributed by atoms with Crippen LogP contribution < -0.4 is 0 Å². The third kappa shape index (κ3) is 4.44. The van der Waals surface area contributed by atoms with Gasteiger partial charge in [0.05, 0.1) is 13.2 Å². The number of esters is 1. The molecular formula is C24H24O3. The molecule has 0 saturated carbocycles. The molecule has 0 aliphatic carbocycles. The number of rotatable bonds is 8. The van der Waals surface area contributed by atoms with Gasteiger partial charge in [0.1, 0.15) is 5.60 Å². The lowest BCUT2D eigenvalue weighted by Crippen LogP contribution is -2.33. The first-order valence-corrected chi connectivity index (χ1v) is 9.17. The van der Waals surface area contributed by atoms with E-state index in [0.29, 0.717) is 19.6 Å². The molecule has 3 aromatic rings. The molecule has 0 fully saturated rings. The summed E-state index contributed by atoms with van der Waals surface area (Å²) in [6.07, 6.45) is 0.633. The Labute approximate surface area is 160 Å². The summed E-state index contributed by atoms with van der Waals surface area (Å²) in [4.78, 5) is 11.0. The van der Waals surface area contributed by atoms with E-state index in [4.69, 9.17) is 9.47 Å². The van der Waals surface area contributed by atoms with Crippen molar-refractivity contribution < 1.29 is 14.3 Å². The zero-order valence-electron chi connectivity index (χ0n) is 15.5. The van der Waals surface area contributed by atoms with E-state index in [2.05, 4.69) is 36.4 Å². The molecule has 0 heterocycles. The van der Waals surface area contributed by atoms with E-state index in [1.807, 2.05) is 54.6 Å². The number of hydrogen-bond acceptors (Lipinski definition) is 3. The summed E-state index contributed by atoms with van der Waals surface area (Å²) in [5.74, 6) is -0.268. The molecule has 0 aromatic heterocycles. The van der Waals surface area contributed by atoms with Crippen molar-refractivity contribution in [2.75, 3.05) is 13.2 Å². The van der Waals surface area contributed by atoms with Crippen LogP contribution in [0.25, 0.3) is 0 Å². The Balaban J connectivity index is 2.02. The molecule has 0 N–H and O–H groups in total. The molecule has 0 atom stereocenters. The SMILES string of the molecule is CC(=O)OCCCOC(c1ccccc1)(c1ccccc1)c1ccccc1. The van der Waals surface area contributed by atoms with Gasteiger partial charge in [-0.25, -0.2) is 0 Å². The van der Waals surface area contributed by atoms with E-state index in [1.54, 1.807) is 0 Å². The van der Waals surface area contributed by atoms with Crippen LogP contribution in [-0.2, 0) is 19.9 Å². The maximum absolute atomic E-state index is 11.0. The van der Waals surface area contributed by atoms with E-state index in [-0.39, 0.29) is 5.97 Å². The van der Waals surface area contributed by atoms with Crippen LogP contribution in [0.1, 0.15) is 30.0 Å². The molecule has 0 bridgehead atoms. The van der Waals surface area contributed by atoms with Crippen LogP contribution in [0.2, 0.25) is 0 Å². The average molecular weight is 360 g/mol. The maximum Gasteiger partial charge on any atom is 0.302 e. The van der Waals surface area contributed by atoms with Crippen LogP contribution in [0.5, 0.6) is 0 Å². The molecule has 3 nitrogen and oxygen atoms in total. The van der Waals surface area contributed by atoms with Gasteiger partial charge in [-0.2, -0.15) is 0 Å². The summed E-state index contributed by atoms with van der Waals surface area (Å²) in [5.41, 5.74) is 2.47. The number of ether oxygens (including phenoxy) is 2. The van der Waals surface area contributed by atoms with Gasteiger partial charge in [0.25, 0.3) is 0 Å². The van der Waals surface area contributed by atoms with Crippen molar-refractivity contribution in [1.82, 2.24) is 0 Å². The Morgan fingerprint density at radius 3 is 1.48 bits per heavy atom. The predicted octanol–water partition coefficient (Wildman–Crippen LogP) is 4.95. The highest BCUT2D eigenvalue weighted by molar-refractivity contribution is 5.65. The molecule has 0 unspecified atom stereocenters. The minimum Gasteiger partial charge on any atom is -0.466 e. The van der Waals surface area contributed by atoms with Crippen LogP contribution >= 0.6 is 0 Å². The van der Waals surface area contributed by atoms with Gasteiger partial charge >= 0.3 is 5.97 Å². The number of benzene rings is 3. The fourth-order valence-corrected chi connectivity index (χ4v) is 3.27. The average Bonchev–Trinajstić information content (AvgIpc) is 2.73. The van der Waals surface area contributed by atoms with Gasteiger partial charge in [0, 0.05) is 13.3 Å². The van der Waals surface area contributed by atoms with Gasteiger partial charge in [0.15, 0.2) is 0 Å². The van der Waals surface area contributed by atoms with E-state index in [9.17, 15) is 4.79 Å². The van der Waals surface area contributed by atoms with Gasteiger partial charge in [-0.15, -0.1) is 0 Å². The summed E-state index contributed by atoms with van der Waals surface area (Å²) in [6.45, 7) is 2.23. The summed E-state index contributed by atoms with van der Waals surface area (Å²) in [5, 5.41) is 0. The lowest BCUT2D eigenvalue weighted by Gasteiger charge is -2.36. The summed E-state index contributed by atoms with van der Waals surface area (Å²) >= 11 is 0. The maximum atomic E-state index is 11.0. The monoisotopic (exact) mass is 360 g/mol. The lowest BCUT2D eigenvalue weighted by molar-refractivity contribution is -0.141. The van der Waals surface area contributed by atoms with Crippen molar-refractivity contribution in [2.45, 2.75) is 18.9 Å². The van der Waals surface area contributed by atoms with Crippen molar-refractivity contribution in [2.24, 2.45) is 0 Å². The molecule has 138 valence electrons. The Kier molecular flexibility index (Phi) is 6.39. The minimum atomic E-state index is -0.722.